The third-order valence-corrected chi connectivity index (χ3v) is 6.37. The Morgan fingerprint density at radius 2 is 1.96 bits per heavy atom. The molecular formula is C19H22N2O2S2. The van der Waals surface area contributed by atoms with E-state index in [0.29, 0.717) is 11.3 Å². The topological polar surface area (TPSA) is 49.4 Å². The predicted molar refractivity (Wildman–Crippen MR) is 103 cm³/mol. The molecule has 1 aromatic heterocycles. The molecule has 1 aromatic carbocycles. The van der Waals surface area contributed by atoms with Crippen molar-refractivity contribution in [1.29, 1.82) is 0 Å². The van der Waals surface area contributed by atoms with Crippen LogP contribution in [0.5, 0.6) is 0 Å². The number of hydrogen-bond donors (Lipinski definition) is 1. The Balaban J connectivity index is 1.63. The maximum absolute atomic E-state index is 12.7. The number of amides is 2. The van der Waals surface area contributed by atoms with E-state index >= 15 is 0 Å². The van der Waals surface area contributed by atoms with E-state index in [1.807, 2.05) is 53.6 Å². The first-order valence-corrected chi connectivity index (χ1v) is 10.4. The molecule has 4 nitrogen and oxygen atoms in total. The monoisotopic (exact) mass is 374 g/mol. The molecule has 1 N–H and O–H groups in total. The van der Waals surface area contributed by atoms with E-state index < -0.39 is 0 Å². The third kappa shape index (κ3) is 4.64. The number of hydrogen-bond acceptors (Lipinski definition) is 4. The molecule has 2 amide bonds. The van der Waals surface area contributed by atoms with Crippen molar-refractivity contribution >= 4 is 34.9 Å². The second-order valence-corrected chi connectivity index (χ2v) is 8.08. The minimum Gasteiger partial charge on any atom is -0.345 e. The van der Waals surface area contributed by atoms with Crippen LogP contribution in [0.4, 0.5) is 0 Å². The van der Waals surface area contributed by atoms with Crippen LogP contribution < -0.4 is 5.32 Å². The Hall–Kier alpha value is -1.79. The minimum absolute atomic E-state index is 0.0308. The Kier molecular flexibility index (Phi) is 6.15. The summed E-state index contributed by atoms with van der Waals surface area (Å²) in [5.74, 6) is 0.437. The van der Waals surface area contributed by atoms with Crippen molar-refractivity contribution < 1.29 is 9.59 Å². The zero-order valence-corrected chi connectivity index (χ0v) is 15.9. The number of carbonyl (C=O) groups excluding carboxylic acids is 2. The molecule has 1 fully saturated rings. The molecule has 0 spiro atoms. The fourth-order valence-corrected chi connectivity index (χ4v) is 4.55. The highest BCUT2D eigenvalue weighted by Crippen LogP contribution is 2.25. The first-order valence-electron chi connectivity index (χ1n) is 8.49. The molecule has 2 aromatic rings. The number of thioether (sulfide) groups is 1. The Morgan fingerprint density at radius 3 is 2.68 bits per heavy atom. The molecule has 1 aliphatic heterocycles. The van der Waals surface area contributed by atoms with Gasteiger partial charge in [0.05, 0.1) is 17.4 Å². The summed E-state index contributed by atoms with van der Waals surface area (Å²) >= 11 is 3.08. The van der Waals surface area contributed by atoms with Gasteiger partial charge in [-0.05, 0) is 43.3 Å². The molecular weight excluding hydrogens is 352 g/mol. The maximum atomic E-state index is 12.7. The fraction of sp³-hybridized carbons (Fsp3) is 0.368. The number of rotatable bonds is 6. The van der Waals surface area contributed by atoms with Gasteiger partial charge in [0.1, 0.15) is 0 Å². The highest BCUT2D eigenvalue weighted by Gasteiger charge is 2.20. The molecule has 1 saturated heterocycles. The largest absolute Gasteiger partial charge is 0.345 e. The normalized spacial score (nSPS) is 15.2. The van der Waals surface area contributed by atoms with Gasteiger partial charge in [-0.25, -0.2) is 0 Å². The van der Waals surface area contributed by atoms with Gasteiger partial charge in [0, 0.05) is 22.9 Å². The van der Waals surface area contributed by atoms with E-state index in [2.05, 4.69) is 5.32 Å². The molecule has 132 valence electrons. The Bertz CT molecular complexity index is 725. The van der Waals surface area contributed by atoms with Gasteiger partial charge in [-0.15, -0.1) is 23.1 Å². The van der Waals surface area contributed by atoms with Crippen LogP contribution in [0.3, 0.4) is 0 Å². The van der Waals surface area contributed by atoms with E-state index in [9.17, 15) is 9.59 Å². The number of nitrogens with zero attached hydrogens (tertiary/aromatic N) is 1. The van der Waals surface area contributed by atoms with E-state index in [1.54, 1.807) is 11.3 Å². The van der Waals surface area contributed by atoms with Gasteiger partial charge in [-0.2, -0.15) is 0 Å². The van der Waals surface area contributed by atoms with Crippen molar-refractivity contribution in [1.82, 2.24) is 10.2 Å². The van der Waals surface area contributed by atoms with E-state index in [0.717, 1.165) is 35.7 Å². The summed E-state index contributed by atoms with van der Waals surface area (Å²) in [6.45, 7) is 3.70. The second-order valence-electron chi connectivity index (χ2n) is 6.08. The molecule has 6 heteroatoms. The molecule has 25 heavy (non-hydrogen) atoms. The summed E-state index contributed by atoms with van der Waals surface area (Å²) in [4.78, 5) is 28.8. The lowest BCUT2D eigenvalue weighted by atomic mass is 10.2. The summed E-state index contributed by atoms with van der Waals surface area (Å²) in [5.41, 5.74) is 0.630. The van der Waals surface area contributed by atoms with Crippen molar-refractivity contribution in [3.05, 3.63) is 52.2 Å². The van der Waals surface area contributed by atoms with Crippen molar-refractivity contribution in [3.63, 3.8) is 0 Å². The maximum Gasteiger partial charge on any atom is 0.252 e. The smallest absolute Gasteiger partial charge is 0.252 e. The lowest BCUT2D eigenvalue weighted by molar-refractivity contribution is -0.127. The number of likely N-dealkylation sites (tertiary alicyclic amines) is 1. The zero-order valence-electron chi connectivity index (χ0n) is 14.2. The van der Waals surface area contributed by atoms with Crippen LogP contribution in [-0.2, 0) is 4.79 Å². The standard InChI is InChI=1S/C19H22N2O2S2/c1-14(16-9-6-12-24-16)20-19(23)15-7-2-3-8-17(15)25-13-18(22)21-10-4-5-11-21/h2-3,6-9,12,14H,4-5,10-11,13H2,1H3,(H,20,23). The van der Waals surface area contributed by atoms with Gasteiger partial charge < -0.3 is 10.2 Å². The molecule has 2 heterocycles. The van der Waals surface area contributed by atoms with E-state index in [4.69, 9.17) is 0 Å². The predicted octanol–water partition coefficient (Wildman–Crippen LogP) is 3.95. The quantitative estimate of drug-likeness (QED) is 0.779. The molecule has 0 aliphatic carbocycles. The summed E-state index contributed by atoms with van der Waals surface area (Å²) < 4.78 is 0. The lowest BCUT2D eigenvalue weighted by Gasteiger charge is -2.16. The first kappa shape index (κ1) is 18.0. The SMILES string of the molecule is CC(NC(=O)c1ccccc1SCC(=O)N1CCCC1)c1cccs1. The van der Waals surface area contributed by atoms with Gasteiger partial charge in [0.25, 0.3) is 5.91 Å². The van der Waals surface area contributed by atoms with Crippen molar-refractivity contribution in [2.24, 2.45) is 0 Å². The second kappa shape index (κ2) is 8.54. The lowest BCUT2D eigenvalue weighted by Crippen LogP contribution is -2.29. The van der Waals surface area contributed by atoms with Gasteiger partial charge >= 0.3 is 0 Å². The van der Waals surface area contributed by atoms with Crippen LogP contribution in [0, 0.1) is 0 Å². The van der Waals surface area contributed by atoms with Crippen molar-refractivity contribution in [2.45, 2.75) is 30.7 Å². The first-order chi connectivity index (χ1) is 12.1. The fourth-order valence-electron chi connectivity index (χ4n) is 2.86. The van der Waals surface area contributed by atoms with E-state index in [1.165, 1.54) is 11.8 Å². The average molecular weight is 375 g/mol. The summed E-state index contributed by atoms with van der Waals surface area (Å²) in [7, 11) is 0. The molecule has 0 radical (unpaired) electrons. The highest BCUT2D eigenvalue weighted by molar-refractivity contribution is 8.00. The summed E-state index contributed by atoms with van der Waals surface area (Å²) in [5, 5.41) is 5.05. The van der Waals surface area contributed by atoms with Crippen LogP contribution in [-0.4, -0.2) is 35.6 Å². The Morgan fingerprint density at radius 1 is 1.20 bits per heavy atom. The number of nitrogens with one attached hydrogen (secondary N) is 1. The zero-order chi connectivity index (χ0) is 17.6. The number of thiophene rings is 1. The highest BCUT2D eigenvalue weighted by atomic mass is 32.2. The van der Waals surface area contributed by atoms with Gasteiger partial charge in [0.15, 0.2) is 0 Å². The van der Waals surface area contributed by atoms with Gasteiger partial charge in [-0.3, -0.25) is 9.59 Å². The van der Waals surface area contributed by atoms with Crippen LogP contribution in [0.2, 0.25) is 0 Å². The van der Waals surface area contributed by atoms with E-state index in [-0.39, 0.29) is 17.9 Å². The minimum atomic E-state index is -0.0994. The third-order valence-electron chi connectivity index (χ3n) is 4.26. The Labute approximate surface area is 156 Å². The summed E-state index contributed by atoms with van der Waals surface area (Å²) in [6, 6.07) is 11.5. The van der Waals surface area contributed by atoms with Crippen LogP contribution >= 0.6 is 23.1 Å². The number of carbonyl (C=O) groups is 2. The van der Waals surface area contributed by atoms with Gasteiger partial charge in [-0.1, -0.05) is 18.2 Å². The molecule has 3 rings (SSSR count). The van der Waals surface area contributed by atoms with Crippen LogP contribution in [0.15, 0.2) is 46.7 Å². The number of benzene rings is 1. The molecule has 0 saturated carbocycles. The molecule has 1 aliphatic rings. The average Bonchev–Trinajstić information content (AvgIpc) is 3.33. The van der Waals surface area contributed by atoms with Crippen molar-refractivity contribution in [2.75, 3.05) is 18.8 Å². The van der Waals surface area contributed by atoms with Crippen LogP contribution in [0.1, 0.15) is 41.0 Å². The summed E-state index contributed by atoms with van der Waals surface area (Å²) in [6.07, 6.45) is 2.19. The van der Waals surface area contributed by atoms with Gasteiger partial charge in [0.2, 0.25) is 5.91 Å². The van der Waals surface area contributed by atoms with Crippen LogP contribution in [0.25, 0.3) is 0 Å². The molecule has 1 atom stereocenters. The molecule has 1 unspecified atom stereocenters. The van der Waals surface area contributed by atoms with Crippen molar-refractivity contribution in [3.8, 4) is 0 Å². The molecule has 0 bridgehead atoms.